The zero-order valence-corrected chi connectivity index (χ0v) is 23.5. The molecule has 8 nitrogen and oxygen atoms in total. The number of amides is 1. The molecule has 0 saturated heterocycles. The van der Waals surface area contributed by atoms with Gasteiger partial charge in [0.2, 0.25) is 0 Å². The predicted octanol–water partition coefficient (Wildman–Crippen LogP) is 6.78. The minimum absolute atomic E-state index is 0.00556. The van der Waals surface area contributed by atoms with Crippen molar-refractivity contribution in [3.8, 4) is 22.9 Å². The van der Waals surface area contributed by atoms with Crippen molar-refractivity contribution in [2.75, 3.05) is 19.0 Å². The van der Waals surface area contributed by atoms with Crippen LogP contribution in [0.5, 0.6) is 11.5 Å². The van der Waals surface area contributed by atoms with Crippen molar-refractivity contribution in [2.24, 2.45) is 5.10 Å². The Morgan fingerprint density at radius 3 is 2.57 bits per heavy atom. The fourth-order valence-electron chi connectivity index (χ4n) is 4.26. The Morgan fingerprint density at radius 2 is 1.82 bits per heavy atom. The number of benzene rings is 4. The summed E-state index contributed by atoms with van der Waals surface area (Å²) in [7, 11) is 1.34. The molecule has 0 radical (unpaired) electrons. The van der Waals surface area contributed by atoms with Crippen molar-refractivity contribution in [2.45, 2.75) is 6.18 Å². The van der Waals surface area contributed by atoms with Gasteiger partial charge in [-0.05, 0) is 48.5 Å². The molecule has 0 saturated carbocycles. The van der Waals surface area contributed by atoms with Gasteiger partial charge in [-0.25, -0.2) is 9.37 Å². The molecule has 0 unspecified atom stereocenters. The largest absolute Gasteiger partial charge is 0.493 e. The van der Waals surface area contributed by atoms with Gasteiger partial charge in [0.25, 0.3) is 11.5 Å². The maximum Gasteiger partial charge on any atom is 0.416 e. The first-order chi connectivity index (χ1) is 21.0. The van der Waals surface area contributed by atoms with Crippen LogP contribution in [0.2, 0.25) is 5.02 Å². The third kappa shape index (κ3) is 6.70. The Labute approximate surface area is 252 Å². The summed E-state index contributed by atoms with van der Waals surface area (Å²) in [6.45, 7) is -0.525. The Morgan fingerprint density at radius 1 is 1.05 bits per heavy atom. The van der Waals surface area contributed by atoms with Gasteiger partial charge in [0, 0.05) is 27.9 Å². The number of halogens is 5. The van der Waals surface area contributed by atoms with Crippen molar-refractivity contribution in [3.63, 3.8) is 0 Å². The summed E-state index contributed by atoms with van der Waals surface area (Å²) < 4.78 is 66.0. The number of carbonyl (C=O) groups excluding carboxylic acids is 1. The highest BCUT2D eigenvalue weighted by atomic mass is 35.5. The number of hydrogen-bond acceptors (Lipinski definition) is 6. The van der Waals surface area contributed by atoms with E-state index in [2.05, 4.69) is 15.4 Å². The van der Waals surface area contributed by atoms with Gasteiger partial charge in [0.15, 0.2) is 23.9 Å². The average molecular weight is 625 g/mol. The number of carbonyl (C=O) groups is 1. The summed E-state index contributed by atoms with van der Waals surface area (Å²) in [4.78, 5) is 30.5. The Balaban J connectivity index is 1.56. The number of aromatic nitrogens is 2. The van der Waals surface area contributed by atoms with E-state index < -0.39 is 35.6 Å². The molecule has 1 amide bonds. The van der Waals surface area contributed by atoms with Gasteiger partial charge < -0.3 is 14.8 Å². The number of anilines is 1. The summed E-state index contributed by atoms with van der Waals surface area (Å²) in [5.74, 6) is -1.15. The summed E-state index contributed by atoms with van der Waals surface area (Å²) in [5.41, 5.74) is -0.940. The quantitative estimate of drug-likeness (QED) is 0.152. The van der Waals surface area contributed by atoms with Crippen LogP contribution in [-0.2, 0) is 11.0 Å². The summed E-state index contributed by atoms with van der Waals surface area (Å²) in [6, 6.07) is 18.8. The monoisotopic (exact) mass is 624 g/mol. The van der Waals surface area contributed by atoms with Crippen LogP contribution in [0, 0.1) is 5.82 Å². The van der Waals surface area contributed by atoms with Crippen LogP contribution < -0.4 is 20.3 Å². The summed E-state index contributed by atoms with van der Waals surface area (Å²) in [6.07, 6.45) is -3.45. The fourth-order valence-corrected chi connectivity index (χ4v) is 4.48. The normalized spacial score (nSPS) is 11.6. The van der Waals surface area contributed by atoms with Gasteiger partial charge in [-0.1, -0.05) is 41.9 Å². The van der Waals surface area contributed by atoms with Gasteiger partial charge in [0.05, 0.1) is 29.8 Å². The van der Waals surface area contributed by atoms with Gasteiger partial charge in [-0.2, -0.15) is 22.9 Å². The molecular weight excluding hydrogens is 604 g/mol. The zero-order valence-electron chi connectivity index (χ0n) is 22.7. The lowest BCUT2D eigenvalue weighted by Crippen LogP contribution is -2.21. The van der Waals surface area contributed by atoms with Gasteiger partial charge in [-0.3, -0.25) is 9.59 Å². The lowest BCUT2D eigenvalue weighted by Gasteiger charge is -2.15. The Hall–Kier alpha value is -5.23. The van der Waals surface area contributed by atoms with Gasteiger partial charge >= 0.3 is 6.18 Å². The van der Waals surface area contributed by atoms with Gasteiger partial charge in [-0.15, -0.1) is 0 Å². The lowest BCUT2D eigenvalue weighted by molar-refractivity contribution is -0.137. The molecule has 1 heterocycles. The number of fused-ring (bicyclic) bond motifs is 1. The topological polar surface area (TPSA) is 94.8 Å². The first-order valence-electron chi connectivity index (χ1n) is 12.8. The second-order valence-corrected chi connectivity index (χ2v) is 9.70. The predicted molar refractivity (Wildman–Crippen MR) is 158 cm³/mol. The molecule has 13 heteroatoms. The van der Waals surface area contributed by atoms with Crippen LogP contribution in [0.3, 0.4) is 0 Å². The van der Waals surface area contributed by atoms with Crippen LogP contribution in [0.15, 0.2) is 94.8 Å². The highest BCUT2D eigenvalue weighted by Crippen LogP contribution is 2.35. The summed E-state index contributed by atoms with van der Waals surface area (Å²) >= 11 is 6.26. The number of nitrogens with zero attached hydrogens (tertiary/aromatic N) is 3. The Kier molecular flexibility index (Phi) is 8.63. The number of alkyl halides is 3. The van der Waals surface area contributed by atoms with Crippen LogP contribution in [-0.4, -0.2) is 35.5 Å². The molecular formula is C31H21ClF4N4O4. The molecule has 1 aromatic heterocycles. The van der Waals surface area contributed by atoms with E-state index >= 15 is 0 Å². The third-order valence-corrected chi connectivity index (χ3v) is 6.46. The zero-order chi connectivity index (χ0) is 31.4. The molecule has 0 bridgehead atoms. The maximum atomic E-state index is 13.5. The number of hydrogen-bond donors (Lipinski definition) is 1. The molecule has 0 aliphatic rings. The molecule has 1 N–H and O–H groups in total. The molecule has 0 fully saturated rings. The van der Waals surface area contributed by atoms with Crippen molar-refractivity contribution in [1.82, 2.24) is 9.66 Å². The van der Waals surface area contributed by atoms with E-state index in [-0.39, 0.29) is 50.1 Å². The van der Waals surface area contributed by atoms with Crippen molar-refractivity contribution < 1.29 is 31.8 Å². The first kappa shape index (κ1) is 30.2. The van der Waals surface area contributed by atoms with E-state index in [1.807, 2.05) is 0 Å². The molecule has 5 aromatic rings. The summed E-state index contributed by atoms with van der Waals surface area (Å²) in [5, 5.41) is 7.15. The van der Waals surface area contributed by atoms with E-state index in [4.69, 9.17) is 21.1 Å². The minimum atomic E-state index is -4.63. The standard InChI is InChI=1S/C31H21ClF4N4O4/c1-43-26-14-21(32)13-19(28(26)44-17-27(41)38-23-9-5-8-22(33)15-23)16-37-40-29(18-6-4-7-20(12-18)31(34,35)36)39-25-11-3-2-10-24(25)30(40)42/h2-16H,17H2,1H3,(H,38,41). The Bertz CT molecular complexity index is 1960. The third-order valence-electron chi connectivity index (χ3n) is 6.24. The number of para-hydroxylation sites is 1. The molecule has 44 heavy (non-hydrogen) atoms. The van der Waals surface area contributed by atoms with E-state index in [0.29, 0.717) is 0 Å². The van der Waals surface area contributed by atoms with Crippen molar-refractivity contribution >= 4 is 40.3 Å². The van der Waals surface area contributed by atoms with Crippen molar-refractivity contribution in [3.05, 3.63) is 117 Å². The van der Waals surface area contributed by atoms with E-state index in [1.165, 1.54) is 61.9 Å². The number of ether oxygens (including phenoxy) is 2. The van der Waals surface area contributed by atoms with E-state index in [0.717, 1.165) is 22.9 Å². The highest BCUT2D eigenvalue weighted by molar-refractivity contribution is 6.31. The van der Waals surface area contributed by atoms with Gasteiger partial charge in [0.1, 0.15) is 5.82 Å². The maximum absolute atomic E-state index is 13.5. The van der Waals surface area contributed by atoms with E-state index in [1.54, 1.807) is 18.2 Å². The second-order valence-electron chi connectivity index (χ2n) is 9.27. The number of methoxy groups -OCH3 is 1. The molecule has 0 atom stereocenters. The van der Waals surface area contributed by atoms with Crippen molar-refractivity contribution in [1.29, 1.82) is 0 Å². The molecule has 0 aliphatic heterocycles. The van der Waals surface area contributed by atoms with Crippen LogP contribution >= 0.6 is 11.6 Å². The molecule has 5 rings (SSSR count). The molecule has 0 spiro atoms. The van der Waals surface area contributed by atoms with Crippen LogP contribution in [0.1, 0.15) is 11.1 Å². The highest BCUT2D eigenvalue weighted by Gasteiger charge is 2.31. The van der Waals surface area contributed by atoms with Crippen LogP contribution in [0.25, 0.3) is 22.3 Å². The number of nitrogens with one attached hydrogen (secondary N) is 1. The number of rotatable bonds is 8. The smallest absolute Gasteiger partial charge is 0.416 e. The lowest BCUT2D eigenvalue weighted by atomic mass is 10.1. The van der Waals surface area contributed by atoms with Crippen LogP contribution in [0.4, 0.5) is 23.2 Å². The minimum Gasteiger partial charge on any atom is -0.493 e. The SMILES string of the molecule is COc1cc(Cl)cc(C=Nn2c(-c3cccc(C(F)(F)F)c3)nc3ccccc3c2=O)c1OCC(=O)Nc1cccc(F)c1. The molecule has 0 aliphatic carbocycles. The average Bonchev–Trinajstić information content (AvgIpc) is 2.99. The molecule has 4 aromatic carbocycles. The van der Waals surface area contributed by atoms with E-state index in [9.17, 15) is 27.2 Å². The second kappa shape index (κ2) is 12.6. The first-order valence-corrected chi connectivity index (χ1v) is 13.2. The fraction of sp³-hybridized carbons (Fsp3) is 0.0968. The molecule has 224 valence electrons.